The predicted octanol–water partition coefficient (Wildman–Crippen LogP) is 3.37. The van der Waals surface area contributed by atoms with Crippen molar-refractivity contribution in [2.45, 2.75) is 50.7 Å². The van der Waals surface area contributed by atoms with Crippen LogP contribution in [0.2, 0.25) is 0 Å². The molecule has 7 nitrogen and oxygen atoms in total. The van der Waals surface area contributed by atoms with E-state index < -0.39 is 0 Å². The summed E-state index contributed by atoms with van der Waals surface area (Å²) in [6.45, 7) is 3.22. The third-order valence-electron chi connectivity index (χ3n) is 6.73. The molecule has 7 heteroatoms. The minimum absolute atomic E-state index is 0.0145. The number of piperidine rings is 1. The Labute approximate surface area is 187 Å². The smallest absolute Gasteiger partial charge is 0.231 e. The van der Waals surface area contributed by atoms with E-state index in [1.807, 2.05) is 47.4 Å². The lowest BCUT2D eigenvalue weighted by molar-refractivity contribution is -0.133. The van der Waals surface area contributed by atoms with Gasteiger partial charge in [-0.15, -0.1) is 0 Å². The Bertz CT molecular complexity index is 1030. The molecular formula is C25H28N2O5. The van der Waals surface area contributed by atoms with Crippen LogP contribution < -0.4 is 19.5 Å². The fourth-order valence-corrected chi connectivity index (χ4v) is 4.90. The Balaban J connectivity index is 1.26. The van der Waals surface area contributed by atoms with Gasteiger partial charge in [0.1, 0.15) is 11.4 Å². The van der Waals surface area contributed by atoms with Crippen LogP contribution in [0.3, 0.4) is 0 Å². The van der Waals surface area contributed by atoms with E-state index in [9.17, 15) is 9.59 Å². The van der Waals surface area contributed by atoms with Crippen molar-refractivity contribution in [2.75, 3.05) is 19.9 Å². The van der Waals surface area contributed by atoms with E-state index in [2.05, 4.69) is 5.32 Å². The molecule has 3 aliphatic heterocycles. The Kier molecular flexibility index (Phi) is 5.41. The van der Waals surface area contributed by atoms with E-state index in [4.69, 9.17) is 14.2 Å². The molecular weight excluding hydrogens is 408 g/mol. The second-order valence-electron chi connectivity index (χ2n) is 8.84. The van der Waals surface area contributed by atoms with Crippen LogP contribution in [-0.2, 0) is 16.0 Å². The summed E-state index contributed by atoms with van der Waals surface area (Å²) in [5, 5.41) is 3.25. The molecule has 2 amide bonds. The zero-order valence-corrected chi connectivity index (χ0v) is 18.3. The maximum Gasteiger partial charge on any atom is 0.231 e. The topological polar surface area (TPSA) is 77.1 Å². The van der Waals surface area contributed by atoms with Crippen molar-refractivity contribution in [1.29, 1.82) is 0 Å². The number of amides is 2. The molecule has 1 N–H and O–H groups in total. The fraction of sp³-hybridized carbons (Fsp3) is 0.440. The highest BCUT2D eigenvalue weighted by Gasteiger charge is 2.44. The number of likely N-dealkylation sites (tertiary alicyclic amines) is 1. The molecule has 0 aliphatic carbocycles. The summed E-state index contributed by atoms with van der Waals surface area (Å²) in [5.41, 5.74) is 1.71. The maximum absolute atomic E-state index is 12.9. The van der Waals surface area contributed by atoms with Gasteiger partial charge in [-0.05, 0) is 30.2 Å². The summed E-state index contributed by atoms with van der Waals surface area (Å²) in [4.78, 5) is 26.5. The number of fused-ring (bicyclic) bond motifs is 2. The molecule has 0 aromatic heterocycles. The van der Waals surface area contributed by atoms with E-state index in [0.717, 1.165) is 41.2 Å². The second kappa shape index (κ2) is 8.37. The van der Waals surface area contributed by atoms with E-state index in [1.165, 1.54) is 0 Å². The first kappa shape index (κ1) is 20.7. The first-order chi connectivity index (χ1) is 15.5. The molecule has 0 radical (unpaired) electrons. The monoisotopic (exact) mass is 436 g/mol. The van der Waals surface area contributed by atoms with E-state index in [0.29, 0.717) is 32.4 Å². The van der Waals surface area contributed by atoms with Crippen LogP contribution in [0, 0.1) is 0 Å². The number of para-hydroxylation sites is 1. The van der Waals surface area contributed by atoms with Gasteiger partial charge in [-0.2, -0.15) is 0 Å². The third kappa shape index (κ3) is 4.11. The van der Waals surface area contributed by atoms with Crippen molar-refractivity contribution in [2.24, 2.45) is 0 Å². The summed E-state index contributed by atoms with van der Waals surface area (Å²) < 4.78 is 17.2. The maximum atomic E-state index is 12.9. The zero-order chi connectivity index (χ0) is 22.1. The molecule has 2 aromatic rings. The summed E-state index contributed by atoms with van der Waals surface area (Å²) >= 11 is 0. The van der Waals surface area contributed by atoms with Crippen LogP contribution in [0.5, 0.6) is 17.2 Å². The van der Waals surface area contributed by atoms with E-state index in [1.54, 1.807) is 6.92 Å². The number of rotatable bonds is 4. The number of hydrogen-bond donors (Lipinski definition) is 1. The molecule has 0 unspecified atom stereocenters. The lowest BCUT2D eigenvalue weighted by atomic mass is 9.80. The SMILES string of the molecule is CC(=O)N1CCC2(CC1)C[C@@H](NC(=O)CCc1ccc3c(c1)OCO3)c1ccccc1O2. The Morgan fingerprint density at radius 2 is 1.84 bits per heavy atom. The highest BCUT2D eigenvalue weighted by molar-refractivity contribution is 5.77. The number of nitrogens with one attached hydrogen (secondary N) is 1. The van der Waals surface area contributed by atoms with E-state index >= 15 is 0 Å². The highest BCUT2D eigenvalue weighted by atomic mass is 16.7. The van der Waals surface area contributed by atoms with Gasteiger partial charge in [-0.1, -0.05) is 24.3 Å². The van der Waals surface area contributed by atoms with E-state index in [-0.39, 0.29) is 30.3 Å². The van der Waals surface area contributed by atoms with Crippen molar-refractivity contribution in [3.8, 4) is 17.2 Å². The largest absolute Gasteiger partial charge is 0.487 e. The standard InChI is InChI=1S/C25H28N2O5/c1-17(28)27-12-10-25(11-13-27)15-20(19-4-2-3-5-21(19)32-25)26-24(29)9-7-18-6-8-22-23(14-18)31-16-30-22/h2-6,8,14,20H,7,9-13,15-16H2,1H3,(H,26,29)/t20-/m1/s1. The Morgan fingerprint density at radius 1 is 1.06 bits per heavy atom. The van der Waals surface area contributed by atoms with Gasteiger partial charge >= 0.3 is 0 Å². The molecule has 3 aliphatic rings. The predicted molar refractivity (Wildman–Crippen MR) is 118 cm³/mol. The molecule has 1 fully saturated rings. The molecule has 168 valence electrons. The quantitative estimate of drug-likeness (QED) is 0.795. The zero-order valence-electron chi connectivity index (χ0n) is 18.3. The van der Waals surface area contributed by atoms with Gasteiger partial charge in [0.05, 0.1) is 6.04 Å². The van der Waals surface area contributed by atoms with Gasteiger partial charge in [0, 0.05) is 51.3 Å². The number of hydrogen-bond acceptors (Lipinski definition) is 5. The van der Waals surface area contributed by atoms with Crippen LogP contribution in [0.4, 0.5) is 0 Å². The van der Waals surface area contributed by atoms with Gasteiger partial charge in [-0.3, -0.25) is 9.59 Å². The summed E-state index contributed by atoms with van der Waals surface area (Å²) in [5.74, 6) is 2.43. The van der Waals surface area contributed by atoms with Crippen LogP contribution in [0.15, 0.2) is 42.5 Å². The molecule has 5 rings (SSSR count). The molecule has 1 atom stereocenters. The number of benzene rings is 2. The average molecular weight is 437 g/mol. The lowest BCUT2D eigenvalue weighted by Gasteiger charge is -2.46. The summed E-state index contributed by atoms with van der Waals surface area (Å²) in [6.07, 6.45) is 3.27. The molecule has 2 aromatic carbocycles. The van der Waals surface area contributed by atoms with Crippen LogP contribution >= 0.6 is 0 Å². The lowest BCUT2D eigenvalue weighted by Crippen LogP contribution is -2.53. The van der Waals surface area contributed by atoms with Crippen molar-refractivity contribution in [1.82, 2.24) is 10.2 Å². The fourth-order valence-electron chi connectivity index (χ4n) is 4.90. The molecule has 0 bridgehead atoms. The number of carbonyl (C=O) groups excluding carboxylic acids is 2. The summed E-state index contributed by atoms with van der Waals surface area (Å²) in [7, 11) is 0. The Hall–Kier alpha value is -3.22. The van der Waals surface area contributed by atoms with Gasteiger partial charge in [0.2, 0.25) is 18.6 Å². The number of aryl methyl sites for hydroxylation is 1. The minimum Gasteiger partial charge on any atom is -0.487 e. The second-order valence-corrected chi connectivity index (χ2v) is 8.84. The van der Waals surface area contributed by atoms with Crippen LogP contribution in [-0.4, -0.2) is 42.2 Å². The highest BCUT2D eigenvalue weighted by Crippen LogP contribution is 2.44. The van der Waals surface area contributed by atoms with Crippen LogP contribution in [0.1, 0.15) is 49.8 Å². The van der Waals surface area contributed by atoms with Gasteiger partial charge in [0.15, 0.2) is 11.5 Å². The number of ether oxygens (including phenoxy) is 3. The molecule has 1 saturated heterocycles. The molecule has 1 spiro atoms. The van der Waals surface area contributed by atoms with Crippen molar-refractivity contribution in [3.63, 3.8) is 0 Å². The molecule has 0 saturated carbocycles. The molecule has 32 heavy (non-hydrogen) atoms. The van der Waals surface area contributed by atoms with Crippen molar-refractivity contribution in [3.05, 3.63) is 53.6 Å². The number of nitrogens with zero attached hydrogens (tertiary/aromatic N) is 1. The first-order valence-corrected chi connectivity index (χ1v) is 11.2. The molecule has 3 heterocycles. The number of carbonyl (C=O) groups is 2. The van der Waals surface area contributed by atoms with Gasteiger partial charge < -0.3 is 24.4 Å². The van der Waals surface area contributed by atoms with Crippen molar-refractivity contribution < 1.29 is 23.8 Å². The normalized spacial score (nSPS) is 20.4. The first-order valence-electron chi connectivity index (χ1n) is 11.2. The minimum atomic E-state index is -0.352. The van der Waals surface area contributed by atoms with Crippen LogP contribution in [0.25, 0.3) is 0 Å². The third-order valence-corrected chi connectivity index (χ3v) is 6.73. The van der Waals surface area contributed by atoms with Gasteiger partial charge in [0.25, 0.3) is 0 Å². The summed E-state index contributed by atoms with van der Waals surface area (Å²) in [6, 6.07) is 13.6. The average Bonchev–Trinajstić information content (AvgIpc) is 3.26. The van der Waals surface area contributed by atoms with Gasteiger partial charge in [-0.25, -0.2) is 0 Å². The Morgan fingerprint density at radius 3 is 2.66 bits per heavy atom. The van der Waals surface area contributed by atoms with Crippen molar-refractivity contribution >= 4 is 11.8 Å².